The molecule has 1 aliphatic carbocycles. The van der Waals surface area contributed by atoms with Crippen molar-refractivity contribution in [1.82, 2.24) is 5.32 Å². The van der Waals surface area contributed by atoms with Gasteiger partial charge in [0.15, 0.2) is 5.79 Å². The maximum Gasteiger partial charge on any atom is 0.183 e. The molecule has 0 bridgehead atoms. The van der Waals surface area contributed by atoms with Crippen LogP contribution in [-0.2, 0) is 9.47 Å². The van der Waals surface area contributed by atoms with Gasteiger partial charge in [-0.2, -0.15) is 0 Å². The predicted octanol–water partition coefficient (Wildman–Crippen LogP) is 0.747. The minimum absolute atomic E-state index is 0.332. The molecular formula is C9H17NO2. The first-order valence-corrected chi connectivity index (χ1v) is 4.66. The highest BCUT2D eigenvalue weighted by atomic mass is 16.7. The Balaban J connectivity index is 2.15. The molecule has 2 atom stereocenters. The summed E-state index contributed by atoms with van der Waals surface area (Å²) in [7, 11) is 3.48. The summed E-state index contributed by atoms with van der Waals surface area (Å²) >= 11 is 0. The van der Waals surface area contributed by atoms with E-state index in [1.54, 1.807) is 14.2 Å². The van der Waals surface area contributed by atoms with Crippen LogP contribution < -0.4 is 5.32 Å². The van der Waals surface area contributed by atoms with Crippen LogP contribution in [-0.4, -0.2) is 32.6 Å². The molecule has 0 aromatic carbocycles. The van der Waals surface area contributed by atoms with E-state index in [-0.39, 0.29) is 5.79 Å². The molecule has 0 spiro atoms. The minimum Gasteiger partial charge on any atom is -0.352 e. The van der Waals surface area contributed by atoms with E-state index in [1.807, 2.05) is 0 Å². The van der Waals surface area contributed by atoms with Crippen molar-refractivity contribution in [1.29, 1.82) is 0 Å². The van der Waals surface area contributed by atoms with Gasteiger partial charge in [0.2, 0.25) is 0 Å². The third kappa shape index (κ3) is 1.00. The standard InChI is InChI=1S/C9H17NO2/c1-11-9(12-2)5-3-7-4-6-10-8(7)9/h7-8,10H,3-6H2,1-2H3. The van der Waals surface area contributed by atoms with E-state index in [0.717, 1.165) is 18.9 Å². The largest absolute Gasteiger partial charge is 0.352 e. The van der Waals surface area contributed by atoms with Crippen LogP contribution in [0.2, 0.25) is 0 Å². The summed E-state index contributed by atoms with van der Waals surface area (Å²) in [4.78, 5) is 0. The highest BCUT2D eigenvalue weighted by Gasteiger charge is 2.51. The Hall–Kier alpha value is -0.120. The molecule has 2 rings (SSSR count). The van der Waals surface area contributed by atoms with Crippen LogP contribution in [0.15, 0.2) is 0 Å². The Bertz CT molecular complexity index is 168. The first-order valence-electron chi connectivity index (χ1n) is 4.66. The van der Waals surface area contributed by atoms with Crippen LogP contribution in [0.3, 0.4) is 0 Å². The molecule has 3 heteroatoms. The van der Waals surface area contributed by atoms with E-state index >= 15 is 0 Å². The predicted molar refractivity (Wildman–Crippen MR) is 45.9 cm³/mol. The van der Waals surface area contributed by atoms with Gasteiger partial charge in [-0.3, -0.25) is 0 Å². The Morgan fingerprint density at radius 3 is 2.67 bits per heavy atom. The molecule has 0 radical (unpaired) electrons. The zero-order valence-electron chi connectivity index (χ0n) is 7.80. The number of methoxy groups -OCH3 is 2. The van der Waals surface area contributed by atoms with Gasteiger partial charge in [-0.15, -0.1) is 0 Å². The van der Waals surface area contributed by atoms with E-state index in [4.69, 9.17) is 9.47 Å². The van der Waals surface area contributed by atoms with Crippen molar-refractivity contribution in [2.24, 2.45) is 5.92 Å². The average molecular weight is 171 g/mol. The zero-order valence-corrected chi connectivity index (χ0v) is 7.80. The van der Waals surface area contributed by atoms with Gasteiger partial charge in [-0.25, -0.2) is 0 Å². The number of nitrogens with one attached hydrogen (secondary N) is 1. The van der Waals surface area contributed by atoms with Gasteiger partial charge in [0.25, 0.3) is 0 Å². The highest BCUT2D eigenvalue weighted by Crippen LogP contribution is 2.41. The maximum atomic E-state index is 5.48. The molecule has 1 N–H and O–H groups in total. The van der Waals surface area contributed by atoms with Gasteiger partial charge >= 0.3 is 0 Å². The lowest BCUT2D eigenvalue weighted by molar-refractivity contribution is -0.214. The molecule has 1 heterocycles. The first kappa shape index (κ1) is 8.48. The molecule has 0 amide bonds. The summed E-state index contributed by atoms with van der Waals surface area (Å²) in [6.45, 7) is 1.11. The molecule has 12 heavy (non-hydrogen) atoms. The van der Waals surface area contributed by atoms with Crippen LogP contribution in [0.25, 0.3) is 0 Å². The third-order valence-electron chi connectivity index (χ3n) is 3.38. The van der Waals surface area contributed by atoms with Crippen LogP contribution in [0.4, 0.5) is 0 Å². The molecule has 1 saturated carbocycles. The molecule has 2 fully saturated rings. The SMILES string of the molecule is COC1(OC)CCC2CCNC21. The maximum absolute atomic E-state index is 5.48. The summed E-state index contributed by atoms with van der Waals surface area (Å²) in [6.07, 6.45) is 3.54. The van der Waals surface area contributed by atoms with E-state index in [1.165, 1.54) is 12.8 Å². The quantitative estimate of drug-likeness (QED) is 0.622. The number of hydrogen-bond donors (Lipinski definition) is 1. The number of rotatable bonds is 2. The second-order valence-corrected chi connectivity index (χ2v) is 3.74. The monoisotopic (exact) mass is 171 g/mol. The minimum atomic E-state index is -0.332. The van der Waals surface area contributed by atoms with E-state index < -0.39 is 0 Å². The van der Waals surface area contributed by atoms with Crippen molar-refractivity contribution in [2.75, 3.05) is 20.8 Å². The topological polar surface area (TPSA) is 30.5 Å². The van der Waals surface area contributed by atoms with Crippen molar-refractivity contribution in [3.05, 3.63) is 0 Å². The number of ether oxygens (including phenoxy) is 2. The van der Waals surface area contributed by atoms with Gasteiger partial charge in [-0.1, -0.05) is 0 Å². The van der Waals surface area contributed by atoms with Crippen molar-refractivity contribution < 1.29 is 9.47 Å². The Morgan fingerprint density at radius 2 is 2.00 bits per heavy atom. The van der Waals surface area contributed by atoms with Gasteiger partial charge in [0.05, 0.1) is 6.04 Å². The van der Waals surface area contributed by atoms with E-state index in [9.17, 15) is 0 Å². The second kappa shape index (κ2) is 2.98. The highest BCUT2D eigenvalue weighted by molar-refractivity contribution is 5.01. The van der Waals surface area contributed by atoms with Gasteiger partial charge in [0, 0.05) is 20.6 Å². The van der Waals surface area contributed by atoms with Crippen molar-refractivity contribution in [2.45, 2.75) is 31.1 Å². The molecule has 70 valence electrons. The second-order valence-electron chi connectivity index (χ2n) is 3.74. The van der Waals surface area contributed by atoms with Crippen LogP contribution in [0.1, 0.15) is 19.3 Å². The van der Waals surface area contributed by atoms with Crippen molar-refractivity contribution in [3.63, 3.8) is 0 Å². The normalized spacial score (nSPS) is 38.5. The van der Waals surface area contributed by atoms with E-state index in [0.29, 0.717) is 6.04 Å². The van der Waals surface area contributed by atoms with Crippen molar-refractivity contribution >= 4 is 0 Å². The first-order chi connectivity index (χ1) is 5.82. The van der Waals surface area contributed by atoms with Gasteiger partial charge in [-0.05, 0) is 25.3 Å². The van der Waals surface area contributed by atoms with Crippen LogP contribution in [0, 0.1) is 5.92 Å². The fourth-order valence-electron chi connectivity index (χ4n) is 2.67. The summed E-state index contributed by atoms with van der Waals surface area (Å²) in [5.41, 5.74) is 0. The summed E-state index contributed by atoms with van der Waals surface area (Å²) in [5.74, 6) is 0.436. The number of hydrogen-bond acceptors (Lipinski definition) is 3. The third-order valence-corrected chi connectivity index (χ3v) is 3.38. The Morgan fingerprint density at radius 1 is 1.25 bits per heavy atom. The average Bonchev–Trinajstić information content (AvgIpc) is 2.64. The van der Waals surface area contributed by atoms with Crippen LogP contribution in [0.5, 0.6) is 0 Å². The van der Waals surface area contributed by atoms with Gasteiger partial charge < -0.3 is 14.8 Å². The van der Waals surface area contributed by atoms with Crippen LogP contribution >= 0.6 is 0 Å². The lowest BCUT2D eigenvalue weighted by atomic mass is 10.0. The molecule has 2 aliphatic rings. The summed E-state index contributed by atoms with van der Waals surface area (Å²) in [5, 5.41) is 3.46. The zero-order chi connectivity index (χ0) is 8.60. The molecule has 1 aliphatic heterocycles. The molecule has 3 nitrogen and oxygen atoms in total. The Kier molecular flexibility index (Phi) is 2.10. The molecule has 0 aromatic rings. The molecule has 2 unspecified atom stereocenters. The molecule has 0 aromatic heterocycles. The molecular weight excluding hydrogens is 154 g/mol. The summed E-state index contributed by atoms with van der Waals surface area (Å²) < 4.78 is 11.0. The van der Waals surface area contributed by atoms with Crippen molar-refractivity contribution in [3.8, 4) is 0 Å². The lowest BCUT2D eigenvalue weighted by Gasteiger charge is -2.32. The van der Waals surface area contributed by atoms with E-state index in [2.05, 4.69) is 5.32 Å². The Labute approximate surface area is 73.4 Å². The number of fused-ring (bicyclic) bond motifs is 1. The molecule has 1 saturated heterocycles. The fourth-order valence-corrected chi connectivity index (χ4v) is 2.67. The fraction of sp³-hybridized carbons (Fsp3) is 1.00. The lowest BCUT2D eigenvalue weighted by Crippen LogP contribution is -2.48. The van der Waals surface area contributed by atoms with Gasteiger partial charge in [0.1, 0.15) is 0 Å². The summed E-state index contributed by atoms with van der Waals surface area (Å²) in [6, 6.07) is 0.424. The smallest absolute Gasteiger partial charge is 0.183 e.